The summed E-state index contributed by atoms with van der Waals surface area (Å²) in [6, 6.07) is 6.52. The molecule has 1 fully saturated rings. The number of aryl methyl sites for hydroxylation is 1. The highest BCUT2D eigenvalue weighted by Crippen LogP contribution is 2.19. The number of pyridine rings is 1. The van der Waals surface area contributed by atoms with Crippen molar-refractivity contribution in [2.24, 2.45) is 0 Å². The van der Waals surface area contributed by atoms with Crippen molar-refractivity contribution in [2.45, 2.75) is 32.4 Å². The van der Waals surface area contributed by atoms with Gasteiger partial charge in [0.1, 0.15) is 0 Å². The fourth-order valence-electron chi connectivity index (χ4n) is 3.52. The van der Waals surface area contributed by atoms with Gasteiger partial charge in [0.15, 0.2) is 0 Å². The number of hydrogen-bond donors (Lipinski definition) is 3. The number of nitrogens with one attached hydrogen (secondary N) is 3. The Morgan fingerprint density at radius 1 is 1.31 bits per heavy atom. The summed E-state index contributed by atoms with van der Waals surface area (Å²) in [5, 5.41) is 6.52. The summed E-state index contributed by atoms with van der Waals surface area (Å²) in [6.07, 6.45) is 0.550. The van der Waals surface area contributed by atoms with Crippen LogP contribution >= 0.6 is 0 Å². The van der Waals surface area contributed by atoms with Crippen LogP contribution in [0.25, 0.3) is 10.9 Å². The molecule has 2 amide bonds. The number of benzene rings is 1. The SMILES string of the molecule is CCNC(=O)[C@@H]1C[C@H](NC(=O)c2cc(=O)[nH]c3ccc(C)cc23)CN1C. The van der Waals surface area contributed by atoms with Gasteiger partial charge < -0.3 is 15.6 Å². The molecule has 2 heterocycles. The van der Waals surface area contributed by atoms with E-state index in [1.165, 1.54) is 6.07 Å². The predicted octanol–water partition coefficient (Wildman–Crippen LogP) is 0.775. The molecule has 0 bridgehead atoms. The Morgan fingerprint density at radius 3 is 2.81 bits per heavy atom. The summed E-state index contributed by atoms with van der Waals surface area (Å²) in [4.78, 5) is 41.5. The van der Waals surface area contributed by atoms with E-state index in [-0.39, 0.29) is 29.5 Å². The number of hydrogen-bond acceptors (Lipinski definition) is 4. The molecule has 0 spiro atoms. The Balaban J connectivity index is 1.81. The number of aromatic nitrogens is 1. The van der Waals surface area contributed by atoms with Gasteiger partial charge in [0, 0.05) is 36.1 Å². The molecule has 138 valence electrons. The average molecular weight is 356 g/mol. The summed E-state index contributed by atoms with van der Waals surface area (Å²) in [6.45, 7) is 4.99. The Hall–Kier alpha value is -2.67. The minimum atomic E-state index is -0.310. The van der Waals surface area contributed by atoms with Gasteiger partial charge in [-0.15, -0.1) is 0 Å². The molecule has 3 N–H and O–H groups in total. The molecule has 0 saturated carbocycles. The van der Waals surface area contributed by atoms with E-state index in [1.54, 1.807) is 6.07 Å². The summed E-state index contributed by atoms with van der Waals surface area (Å²) >= 11 is 0. The van der Waals surface area contributed by atoms with Crippen LogP contribution in [-0.2, 0) is 4.79 Å². The quantitative estimate of drug-likeness (QED) is 0.754. The third kappa shape index (κ3) is 3.62. The highest BCUT2D eigenvalue weighted by atomic mass is 16.2. The molecule has 1 saturated heterocycles. The van der Waals surface area contributed by atoms with Gasteiger partial charge in [-0.3, -0.25) is 19.3 Å². The number of nitrogens with zero attached hydrogens (tertiary/aromatic N) is 1. The first-order valence-electron chi connectivity index (χ1n) is 8.81. The van der Waals surface area contributed by atoms with Crippen LogP contribution in [0.15, 0.2) is 29.1 Å². The zero-order valence-electron chi connectivity index (χ0n) is 15.3. The Labute approximate surface area is 151 Å². The molecular weight excluding hydrogens is 332 g/mol. The first-order chi connectivity index (χ1) is 12.4. The van der Waals surface area contributed by atoms with E-state index in [0.29, 0.717) is 36.0 Å². The standard InChI is InChI=1S/C19H24N4O3/c1-4-20-19(26)16-8-12(10-23(16)3)21-18(25)14-9-17(24)22-15-6-5-11(2)7-13(14)15/h5-7,9,12,16H,4,8,10H2,1-3H3,(H,20,26)(H,21,25)(H,22,24)/t12-,16-/m0/s1. The summed E-state index contributed by atoms with van der Waals surface area (Å²) < 4.78 is 0. The lowest BCUT2D eigenvalue weighted by molar-refractivity contribution is -0.124. The number of H-pyrrole nitrogens is 1. The maximum atomic E-state index is 12.8. The van der Waals surface area contributed by atoms with Gasteiger partial charge in [-0.25, -0.2) is 0 Å². The van der Waals surface area contributed by atoms with Crippen LogP contribution in [0.2, 0.25) is 0 Å². The van der Waals surface area contributed by atoms with Crippen LogP contribution in [-0.4, -0.2) is 53.9 Å². The van der Waals surface area contributed by atoms with Crippen LogP contribution < -0.4 is 16.2 Å². The zero-order chi connectivity index (χ0) is 18.8. The number of likely N-dealkylation sites (tertiary alicyclic amines) is 1. The van der Waals surface area contributed by atoms with Gasteiger partial charge in [0.2, 0.25) is 11.5 Å². The van der Waals surface area contributed by atoms with Gasteiger partial charge in [0.25, 0.3) is 5.91 Å². The highest BCUT2D eigenvalue weighted by molar-refractivity contribution is 6.06. The summed E-state index contributed by atoms with van der Waals surface area (Å²) in [5.41, 5.74) is 1.69. The second-order valence-corrected chi connectivity index (χ2v) is 6.85. The third-order valence-corrected chi connectivity index (χ3v) is 4.78. The minimum Gasteiger partial charge on any atom is -0.355 e. The molecule has 3 rings (SSSR count). The largest absolute Gasteiger partial charge is 0.355 e. The number of carbonyl (C=O) groups excluding carboxylic acids is 2. The van der Waals surface area contributed by atoms with Crippen LogP contribution in [0.3, 0.4) is 0 Å². The van der Waals surface area contributed by atoms with Gasteiger partial charge in [-0.05, 0) is 39.4 Å². The third-order valence-electron chi connectivity index (χ3n) is 4.78. The number of rotatable bonds is 4. The molecule has 1 aromatic carbocycles. The van der Waals surface area contributed by atoms with E-state index in [9.17, 15) is 14.4 Å². The van der Waals surface area contributed by atoms with Crippen molar-refractivity contribution in [3.8, 4) is 0 Å². The van der Waals surface area contributed by atoms with Crippen LogP contribution in [0, 0.1) is 6.92 Å². The zero-order valence-corrected chi connectivity index (χ0v) is 15.3. The van der Waals surface area contributed by atoms with Gasteiger partial charge >= 0.3 is 0 Å². The molecule has 1 aliphatic rings. The maximum Gasteiger partial charge on any atom is 0.252 e. The Bertz CT molecular complexity index is 905. The number of carbonyl (C=O) groups is 2. The second kappa shape index (κ2) is 7.29. The van der Waals surface area contributed by atoms with E-state index in [4.69, 9.17) is 0 Å². The van der Waals surface area contributed by atoms with Gasteiger partial charge in [-0.1, -0.05) is 11.6 Å². The lowest BCUT2D eigenvalue weighted by Crippen LogP contribution is -2.41. The van der Waals surface area contributed by atoms with Crippen LogP contribution in [0.4, 0.5) is 0 Å². The van der Waals surface area contributed by atoms with Crippen LogP contribution in [0.5, 0.6) is 0 Å². The monoisotopic (exact) mass is 356 g/mol. The summed E-state index contributed by atoms with van der Waals surface area (Å²) in [5.74, 6) is -0.314. The van der Waals surface area contributed by atoms with Gasteiger partial charge in [0.05, 0.1) is 11.6 Å². The van der Waals surface area contributed by atoms with E-state index in [2.05, 4.69) is 15.6 Å². The summed E-state index contributed by atoms with van der Waals surface area (Å²) in [7, 11) is 1.87. The molecule has 0 radical (unpaired) electrons. The minimum absolute atomic E-state index is 0.0241. The Kier molecular flexibility index (Phi) is 5.08. The lowest BCUT2D eigenvalue weighted by Gasteiger charge is -2.17. The number of fused-ring (bicyclic) bond motifs is 1. The molecule has 2 aromatic rings. The lowest BCUT2D eigenvalue weighted by atomic mass is 10.1. The number of aromatic amines is 1. The van der Waals surface area contributed by atoms with E-state index < -0.39 is 0 Å². The van der Waals surface area contributed by atoms with Crippen molar-refractivity contribution in [3.05, 3.63) is 45.7 Å². The molecule has 7 heteroatoms. The van der Waals surface area contributed by atoms with Crippen molar-refractivity contribution < 1.29 is 9.59 Å². The second-order valence-electron chi connectivity index (χ2n) is 6.85. The molecular formula is C19H24N4O3. The maximum absolute atomic E-state index is 12.8. The predicted molar refractivity (Wildman–Crippen MR) is 100 cm³/mol. The average Bonchev–Trinajstić information content (AvgIpc) is 2.95. The fourth-order valence-corrected chi connectivity index (χ4v) is 3.52. The van der Waals surface area contributed by atoms with Crippen molar-refractivity contribution >= 4 is 22.7 Å². The molecule has 26 heavy (non-hydrogen) atoms. The van der Waals surface area contributed by atoms with Crippen molar-refractivity contribution in [1.82, 2.24) is 20.5 Å². The van der Waals surface area contributed by atoms with Crippen molar-refractivity contribution in [3.63, 3.8) is 0 Å². The van der Waals surface area contributed by atoms with E-state index in [0.717, 1.165) is 5.56 Å². The van der Waals surface area contributed by atoms with Gasteiger partial charge in [-0.2, -0.15) is 0 Å². The highest BCUT2D eigenvalue weighted by Gasteiger charge is 2.35. The molecule has 0 aliphatic carbocycles. The molecule has 7 nitrogen and oxygen atoms in total. The molecule has 0 unspecified atom stereocenters. The smallest absolute Gasteiger partial charge is 0.252 e. The topological polar surface area (TPSA) is 94.3 Å². The fraction of sp³-hybridized carbons (Fsp3) is 0.421. The number of likely N-dealkylation sites (N-methyl/N-ethyl adjacent to an activating group) is 2. The van der Waals surface area contributed by atoms with Crippen LogP contribution in [0.1, 0.15) is 29.3 Å². The van der Waals surface area contributed by atoms with E-state index >= 15 is 0 Å². The van der Waals surface area contributed by atoms with E-state index in [1.807, 2.05) is 37.9 Å². The number of amides is 2. The molecule has 1 aliphatic heterocycles. The first kappa shape index (κ1) is 18.1. The Morgan fingerprint density at radius 2 is 2.08 bits per heavy atom. The normalized spacial score (nSPS) is 20.3. The van der Waals surface area contributed by atoms with Crippen molar-refractivity contribution in [1.29, 1.82) is 0 Å². The first-order valence-corrected chi connectivity index (χ1v) is 8.81. The van der Waals surface area contributed by atoms with Crippen molar-refractivity contribution in [2.75, 3.05) is 20.1 Å². The molecule has 2 atom stereocenters. The molecule has 1 aromatic heterocycles.